The first-order valence-electron chi connectivity index (χ1n) is 9.18. The lowest BCUT2D eigenvalue weighted by Gasteiger charge is -2.35. The van der Waals surface area contributed by atoms with E-state index in [4.69, 9.17) is 4.52 Å². The fraction of sp³-hybridized carbons (Fsp3) is 0.667. The molecule has 26 heavy (non-hydrogen) atoms. The van der Waals surface area contributed by atoms with E-state index in [1.54, 1.807) is 4.90 Å². The van der Waals surface area contributed by atoms with Gasteiger partial charge in [0, 0.05) is 32.6 Å². The molecule has 0 aliphatic carbocycles. The first-order chi connectivity index (χ1) is 12.4. The standard InChI is InChI=1S/C18H29N5O3/c1-5-15-20-16(26-21-15)12-22(6-2)17(24)11-14-18(25)19-8-10-23(14)9-7-13(3)4/h7,14H,5-6,8-12H2,1-4H3,(H,19,25)/t14-/m0/s1. The number of piperazine rings is 1. The Morgan fingerprint density at radius 3 is 2.81 bits per heavy atom. The number of aromatic nitrogens is 2. The van der Waals surface area contributed by atoms with Crippen LogP contribution in [0.2, 0.25) is 0 Å². The fourth-order valence-corrected chi connectivity index (χ4v) is 2.83. The van der Waals surface area contributed by atoms with Gasteiger partial charge in [-0.2, -0.15) is 4.98 Å². The molecule has 2 rings (SSSR count). The average Bonchev–Trinajstić information content (AvgIpc) is 3.07. The van der Waals surface area contributed by atoms with Crippen molar-refractivity contribution in [2.24, 2.45) is 0 Å². The summed E-state index contributed by atoms with van der Waals surface area (Å²) >= 11 is 0. The second kappa shape index (κ2) is 9.47. The minimum Gasteiger partial charge on any atom is -0.353 e. The molecular formula is C18H29N5O3. The van der Waals surface area contributed by atoms with Gasteiger partial charge in [0.15, 0.2) is 5.82 Å². The Morgan fingerprint density at radius 1 is 1.42 bits per heavy atom. The minimum atomic E-state index is -0.449. The highest BCUT2D eigenvalue weighted by Crippen LogP contribution is 2.13. The average molecular weight is 363 g/mol. The third kappa shape index (κ3) is 5.39. The van der Waals surface area contributed by atoms with E-state index in [2.05, 4.69) is 26.4 Å². The lowest BCUT2D eigenvalue weighted by Crippen LogP contribution is -2.56. The molecule has 1 aromatic rings. The number of hydrogen-bond donors (Lipinski definition) is 1. The van der Waals surface area contributed by atoms with Crippen LogP contribution in [0.5, 0.6) is 0 Å². The smallest absolute Gasteiger partial charge is 0.246 e. The predicted molar refractivity (Wildman–Crippen MR) is 97.2 cm³/mol. The molecule has 8 heteroatoms. The zero-order valence-corrected chi connectivity index (χ0v) is 16.1. The van der Waals surface area contributed by atoms with Crippen molar-refractivity contribution in [2.45, 2.75) is 53.1 Å². The number of amides is 2. The number of rotatable bonds is 8. The van der Waals surface area contributed by atoms with E-state index >= 15 is 0 Å². The SMILES string of the molecule is CCc1noc(CN(CC)C(=O)C[C@H]2C(=O)NCCN2CC=C(C)C)n1. The first-order valence-corrected chi connectivity index (χ1v) is 9.18. The van der Waals surface area contributed by atoms with Gasteiger partial charge in [-0.1, -0.05) is 23.7 Å². The molecule has 0 radical (unpaired) electrons. The van der Waals surface area contributed by atoms with Crippen molar-refractivity contribution in [3.63, 3.8) is 0 Å². The Hall–Kier alpha value is -2.22. The third-order valence-corrected chi connectivity index (χ3v) is 4.43. The Balaban J connectivity index is 2.02. The lowest BCUT2D eigenvalue weighted by molar-refractivity contribution is -0.139. The summed E-state index contributed by atoms with van der Waals surface area (Å²) in [4.78, 5) is 33.0. The van der Waals surface area contributed by atoms with Crippen LogP contribution in [-0.2, 0) is 22.6 Å². The Kier molecular flexibility index (Phi) is 7.32. The summed E-state index contributed by atoms with van der Waals surface area (Å²) in [5.74, 6) is 0.872. The number of allylic oxidation sites excluding steroid dienone is 1. The number of nitrogens with zero attached hydrogens (tertiary/aromatic N) is 4. The molecule has 0 unspecified atom stereocenters. The highest BCUT2D eigenvalue weighted by atomic mass is 16.5. The molecule has 1 atom stereocenters. The molecule has 2 heterocycles. The summed E-state index contributed by atoms with van der Waals surface area (Å²) in [5, 5.41) is 6.72. The Bertz CT molecular complexity index is 651. The maximum atomic E-state index is 12.8. The summed E-state index contributed by atoms with van der Waals surface area (Å²) in [6.45, 7) is 10.7. The maximum Gasteiger partial charge on any atom is 0.246 e. The monoisotopic (exact) mass is 363 g/mol. The van der Waals surface area contributed by atoms with E-state index in [0.717, 1.165) is 6.54 Å². The number of hydrogen-bond acceptors (Lipinski definition) is 6. The minimum absolute atomic E-state index is 0.0890. The molecule has 2 amide bonds. The van der Waals surface area contributed by atoms with E-state index in [0.29, 0.717) is 37.8 Å². The summed E-state index contributed by atoms with van der Waals surface area (Å²) in [7, 11) is 0. The second-order valence-corrected chi connectivity index (χ2v) is 6.65. The zero-order valence-electron chi connectivity index (χ0n) is 16.1. The quantitative estimate of drug-likeness (QED) is 0.697. The summed E-state index contributed by atoms with van der Waals surface area (Å²) < 4.78 is 5.18. The molecule has 144 valence electrons. The van der Waals surface area contributed by atoms with Crippen LogP contribution < -0.4 is 5.32 Å². The van der Waals surface area contributed by atoms with Crippen LogP contribution >= 0.6 is 0 Å². The number of aryl methyl sites for hydroxylation is 1. The number of carbonyl (C=O) groups excluding carboxylic acids is 2. The van der Waals surface area contributed by atoms with Crippen LogP contribution in [0.3, 0.4) is 0 Å². The fourth-order valence-electron chi connectivity index (χ4n) is 2.83. The van der Waals surface area contributed by atoms with Crippen molar-refractivity contribution in [1.29, 1.82) is 0 Å². The van der Waals surface area contributed by atoms with Crippen molar-refractivity contribution in [3.8, 4) is 0 Å². The van der Waals surface area contributed by atoms with Crippen molar-refractivity contribution in [1.82, 2.24) is 25.3 Å². The van der Waals surface area contributed by atoms with Crippen LogP contribution in [0.15, 0.2) is 16.2 Å². The van der Waals surface area contributed by atoms with Gasteiger partial charge in [0.1, 0.15) is 0 Å². The van der Waals surface area contributed by atoms with Gasteiger partial charge in [0.2, 0.25) is 17.7 Å². The summed E-state index contributed by atoms with van der Waals surface area (Å²) in [5.41, 5.74) is 1.19. The molecule has 8 nitrogen and oxygen atoms in total. The van der Waals surface area contributed by atoms with E-state index < -0.39 is 6.04 Å². The molecule has 0 bridgehead atoms. The lowest BCUT2D eigenvalue weighted by atomic mass is 10.1. The van der Waals surface area contributed by atoms with E-state index in [9.17, 15) is 9.59 Å². The topological polar surface area (TPSA) is 91.6 Å². The molecule has 0 saturated carbocycles. The summed E-state index contributed by atoms with van der Waals surface area (Å²) in [6.07, 6.45) is 2.91. The Labute approximate surface area is 154 Å². The Morgan fingerprint density at radius 2 is 2.19 bits per heavy atom. The maximum absolute atomic E-state index is 12.8. The molecule has 1 fully saturated rings. The zero-order chi connectivity index (χ0) is 19.1. The third-order valence-electron chi connectivity index (χ3n) is 4.43. The molecule has 1 aromatic heterocycles. The molecule has 1 aliphatic heterocycles. The molecule has 0 aromatic carbocycles. The molecule has 1 aliphatic rings. The van der Waals surface area contributed by atoms with Crippen LogP contribution in [0, 0.1) is 0 Å². The predicted octanol–water partition coefficient (Wildman–Crippen LogP) is 1.14. The van der Waals surface area contributed by atoms with Crippen LogP contribution in [0.25, 0.3) is 0 Å². The van der Waals surface area contributed by atoms with Gasteiger partial charge >= 0.3 is 0 Å². The molecule has 1 N–H and O–H groups in total. The second-order valence-electron chi connectivity index (χ2n) is 6.65. The van der Waals surface area contributed by atoms with E-state index in [1.165, 1.54) is 5.57 Å². The number of nitrogens with one attached hydrogen (secondary N) is 1. The highest BCUT2D eigenvalue weighted by Gasteiger charge is 2.32. The molecule has 0 spiro atoms. The van der Waals surface area contributed by atoms with Crippen LogP contribution in [0.4, 0.5) is 0 Å². The van der Waals surface area contributed by atoms with Crippen molar-refractivity contribution in [2.75, 3.05) is 26.2 Å². The molecule has 1 saturated heterocycles. The van der Waals surface area contributed by atoms with Gasteiger partial charge < -0.3 is 14.7 Å². The van der Waals surface area contributed by atoms with Gasteiger partial charge in [-0.15, -0.1) is 0 Å². The van der Waals surface area contributed by atoms with Gasteiger partial charge in [-0.3, -0.25) is 14.5 Å². The van der Waals surface area contributed by atoms with Crippen molar-refractivity contribution < 1.29 is 14.1 Å². The van der Waals surface area contributed by atoms with Crippen molar-refractivity contribution in [3.05, 3.63) is 23.4 Å². The van der Waals surface area contributed by atoms with Gasteiger partial charge in [0.05, 0.1) is 19.0 Å². The number of carbonyl (C=O) groups is 2. The highest BCUT2D eigenvalue weighted by molar-refractivity contribution is 5.88. The van der Waals surface area contributed by atoms with E-state index in [-0.39, 0.29) is 24.8 Å². The normalized spacial score (nSPS) is 17.7. The van der Waals surface area contributed by atoms with Crippen LogP contribution in [0.1, 0.15) is 45.8 Å². The summed E-state index contributed by atoms with van der Waals surface area (Å²) in [6, 6.07) is -0.449. The largest absolute Gasteiger partial charge is 0.353 e. The van der Waals surface area contributed by atoms with E-state index in [1.807, 2.05) is 27.7 Å². The molecular weight excluding hydrogens is 334 g/mol. The van der Waals surface area contributed by atoms with Crippen molar-refractivity contribution >= 4 is 11.8 Å². The van der Waals surface area contributed by atoms with Gasteiger partial charge in [0.25, 0.3) is 0 Å². The van der Waals surface area contributed by atoms with Gasteiger partial charge in [-0.25, -0.2) is 0 Å². The van der Waals surface area contributed by atoms with Gasteiger partial charge in [-0.05, 0) is 20.8 Å². The van der Waals surface area contributed by atoms with Crippen LogP contribution in [-0.4, -0.2) is 64.0 Å². The first kappa shape index (κ1) is 20.1.